The highest BCUT2D eigenvalue weighted by Gasteiger charge is 2.22. The fourth-order valence-electron chi connectivity index (χ4n) is 2.44. The van der Waals surface area contributed by atoms with Crippen molar-refractivity contribution in [3.63, 3.8) is 0 Å². The van der Waals surface area contributed by atoms with Crippen LogP contribution in [0.3, 0.4) is 0 Å². The van der Waals surface area contributed by atoms with E-state index in [9.17, 15) is 9.59 Å². The maximum Gasteiger partial charge on any atom is 0.315 e. The van der Waals surface area contributed by atoms with Gasteiger partial charge in [0.05, 0.1) is 0 Å². The van der Waals surface area contributed by atoms with Crippen LogP contribution in [-0.4, -0.2) is 42.4 Å². The van der Waals surface area contributed by atoms with Crippen molar-refractivity contribution in [1.29, 1.82) is 0 Å². The molecule has 6 nitrogen and oxygen atoms in total. The summed E-state index contributed by atoms with van der Waals surface area (Å²) in [5.74, 6) is -0.327. The van der Waals surface area contributed by atoms with Crippen LogP contribution >= 0.6 is 0 Å². The minimum Gasteiger partial charge on any atom is -0.481 e. The van der Waals surface area contributed by atoms with Gasteiger partial charge in [-0.15, -0.1) is 0 Å². The van der Waals surface area contributed by atoms with Crippen molar-refractivity contribution < 1.29 is 19.4 Å². The Balaban J connectivity index is 2.19. The Morgan fingerprint density at radius 2 is 1.90 bits per heavy atom. The van der Waals surface area contributed by atoms with E-state index in [1.165, 1.54) is 0 Å². The van der Waals surface area contributed by atoms with Gasteiger partial charge >= 0.3 is 12.0 Å². The molecule has 0 aromatic carbocycles. The topological polar surface area (TPSA) is 87.7 Å². The summed E-state index contributed by atoms with van der Waals surface area (Å²) in [6.45, 7) is 5.44. The number of hydrogen-bond donors (Lipinski definition) is 3. The first-order valence-corrected chi connectivity index (χ1v) is 7.35. The maximum atomic E-state index is 11.8. The standard InChI is InChI=1S/C14H26N2O4/c1-10(4-3-5-13(17)18)15-14(19)16-11(2)12-6-8-20-9-7-12/h10-12H,3-9H2,1-2H3,(H,17,18)(H2,15,16,19). The molecule has 116 valence electrons. The van der Waals surface area contributed by atoms with E-state index in [4.69, 9.17) is 9.84 Å². The number of carbonyl (C=O) groups excluding carboxylic acids is 1. The Bertz CT molecular complexity index is 316. The van der Waals surface area contributed by atoms with E-state index in [-0.39, 0.29) is 24.5 Å². The molecule has 1 rings (SSSR count). The first-order valence-electron chi connectivity index (χ1n) is 7.35. The van der Waals surface area contributed by atoms with E-state index < -0.39 is 5.97 Å². The molecule has 20 heavy (non-hydrogen) atoms. The van der Waals surface area contributed by atoms with Crippen LogP contribution in [0.1, 0.15) is 46.0 Å². The smallest absolute Gasteiger partial charge is 0.315 e. The van der Waals surface area contributed by atoms with E-state index in [0.717, 1.165) is 26.1 Å². The molecule has 2 atom stereocenters. The number of nitrogens with one attached hydrogen (secondary N) is 2. The van der Waals surface area contributed by atoms with Gasteiger partial charge in [-0.2, -0.15) is 0 Å². The summed E-state index contributed by atoms with van der Waals surface area (Å²) in [7, 11) is 0. The predicted octanol–water partition coefficient (Wildman–Crippen LogP) is 1.74. The van der Waals surface area contributed by atoms with Crippen LogP contribution in [0.5, 0.6) is 0 Å². The van der Waals surface area contributed by atoms with Crippen molar-refractivity contribution in [1.82, 2.24) is 10.6 Å². The van der Waals surface area contributed by atoms with Crippen molar-refractivity contribution in [3.8, 4) is 0 Å². The molecule has 0 saturated carbocycles. The van der Waals surface area contributed by atoms with E-state index in [1.807, 2.05) is 13.8 Å². The summed E-state index contributed by atoms with van der Waals surface area (Å²) < 4.78 is 5.31. The van der Waals surface area contributed by atoms with Crippen LogP contribution in [0, 0.1) is 5.92 Å². The minimum atomic E-state index is -0.796. The largest absolute Gasteiger partial charge is 0.481 e. The molecule has 1 heterocycles. The van der Waals surface area contributed by atoms with Gasteiger partial charge in [0, 0.05) is 31.7 Å². The molecule has 2 amide bonds. The number of amides is 2. The first kappa shape index (κ1) is 16.8. The zero-order valence-corrected chi connectivity index (χ0v) is 12.4. The fourth-order valence-corrected chi connectivity index (χ4v) is 2.44. The number of rotatable bonds is 7. The van der Waals surface area contributed by atoms with Crippen LogP contribution < -0.4 is 10.6 Å². The SMILES string of the molecule is CC(CCCC(=O)O)NC(=O)NC(C)C1CCOCC1. The highest BCUT2D eigenvalue weighted by molar-refractivity contribution is 5.74. The quantitative estimate of drug-likeness (QED) is 0.665. The third-order valence-corrected chi connectivity index (χ3v) is 3.74. The fraction of sp³-hybridized carbons (Fsp3) is 0.857. The molecule has 0 aromatic rings. The Labute approximate surface area is 120 Å². The number of carboxylic acid groups (broad SMARTS) is 1. The lowest BCUT2D eigenvalue weighted by Crippen LogP contribution is -2.47. The van der Waals surface area contributed by atoms with Crippen LogP contribution in [0.25, 0.3) is 0 Å². The Morgan fingerprint density at radius 3 is 2.50 bits per heavy atom. The van der Waals surface area contributed by atoms with Crippen LogP contribution in [0.4, 0.5) is 4.79 Å². The van der Waals surface area contributed by atoms with E-state index >= 15 is 0 Å². The van der Waals surface area contributed by atoms with E-state index in [1.54, 1.807) is 0 Å². The molecule has 3 N–H and O–H groups in total. The van der Waals surface area contributed by atoms with Crippen molar-refractivity contribution >= 4 is 12.0 Å². The maximum absolute atomic E-state index is 11.8. The molecule has 0 aromatic heterocycles. The average molecular weight is 286 g/mol. The lowest BCUT2D eigenvalue weighted by Gasteiger charge is -2.28. The number of carboxylic acids is 1. The van der Waals surface area contributed by atoms with Gasteiger partial charge in [0.1, 0.15) is 0 Å². The Kier molecular flexibility index (Phi) is 7.36. The third kappa shape index (κ3) is 6.75. The lowest BCUT2D eigenvalue weighted by molar-refractivity contribution is -0.137. The molecule has 0 bridgehead atoms. The van der Waals surface area contributed by atoms with Crippen LogP contribution in [0.15, 0.2) is 0 Å². The first-order chi connectivity index (χ1) is 9.49. The van der Waals surface area contributed by atoms with Gasteiger partial charge in [-0.3, -0.25) is 4.79 Å². The minimum absolute atomic E-state index is 0.0174. The second kappa shape index (κ2) is 8.79. The number of carbonyl (C=O) groups is 2. The zero-order chi connectivity index (χ0) is 15.0. The van der Waals surface area contributed by atoms with Gasteiger partial charge in [-0.25, -0.2) is 4.79 Å². The molecule has 0 radical (unpaired) electrons. The van der Waals surface area contributed by atoms with Gasteiger partial charge < -0.3 is 20.5 Å². The molecule has 1 saturated heterocycles. The highest BCUT2D eigenvalue weighted by Crippen LogP contribution is 2.18. The Hall–Kier alpha value is -1.30. The lowest BCUT2D eigenvalue weighted by atomic mass is 9.93. The van der Waals surface area contributed by atoms with Gasteiger partial charge in [-0.05, 0) is 45.4 Å². The summed E-state index contributed by atoms with van der Waals surface area (Å²) in [6.07, 6.45) is 3.36. The normalized spacial score (nSPS) is 19.1. The van der Waals surface area contributed by atoms with Crippen LogP contribution in [0.2, 0.25) is 0 Å². The summed E-state index contributed by atoms with van der Waals surface area (Å²) in [6, 6.07) is -0.0619. The predicted molar refractivity (Wildman–Crippen MR) is 75.6 cm³/mol. The molecule has 0 spiro atoms. The highest BCUT2D eigenvalue weighted by atomic mass is 16.5. The number of hydrogen-bond acceptors (Lipinski definition) is 3. The van der Waals surface area contributed by atoms with Gasteiger partial charge in [0.2, 0.25) is 0 Å². The third-order valence-electron chi connectivity index (χ3n) is 3.74. The van der Waals surface area contributed by atoms with Crippen molar-refractivity contribution in [3.05, 3.63) is 0 Å². The molecule has 1 aliphatic heterocycles. The van der Waals surface area contributed by atoms with E-state index in [2.05, 4.69) is 10.6 Å². The number of urea groups is 1. The second-order valence-corrected chi connectivity index (χ2v) is 5.54. The molecule has 6 heteroatoms. The second-order valence-electron chi connectivity index (χ2n) is 5.54. The van der Waals surface area contributed by atoms with Gasteiger partial charge in [-0.1, -0.05) is 0 Å². The average Bonchev–Trinajstić information content (AvgIpc) is 2.38. The van der Waals surface area contributed by atoms with Gasteiger partial charge in [0.15, 0.2) is 0 Å². The summed E-state index contributed by atoms with van der Waals surface area (Å²) >= 11 is 0. The zero-order valence-electron chi connectivity index (χ0n) is 12.4. The van der Waals surface area contributed by atoms with Gasteiger partial charge in [0.25, 0.3) is 0 Å². The van der Waals surface area contributed by atoms with Crippen LogP contribution in [-0.2, 0) is 9.53 Å². The van der Waals surface area contributed by atoms with E-state index in [0.29, 0.717) is 18.8 Å². The molecule has 2 unspecified atom stereocenters. The molecule has 0 aliphatic carbocycles. The monoisotopic (exact) mass is 286 g/mol. The molecule has 1 fully saturated rings. The van der Waals surface area contributed by atoms with Crippen molar-refractivity contribution in [2.45, 2.75) is 58.0 Å². The molecule has 1 aliphatic rings. The number of aliphatic carboxylic acids is 1. The Morgan fingerprint density at radius 1 is 1.25 bits per heavy atom. The van der Waals surface area contributed by atoms with Crippen molar-refractivity contribution in [2.24, 2.45) is 5.92 Å². The molecular weight excluding hydrogens is 260 g/mol. The molecular formula is C14H26N2O4. The number of ether oxygens (including phenoxy) is 1. The van der Waals surface area contributed by atoms with Crippen molar-refractivity contribution in [2.75, 3.05) is 13.2 Å². The summed E-state index contributed by atoms with van der Waals surface area (Å²) in [5, 5.41) is 14.4. The summed E-state index contributed by atoms with van der Waals surface area (Å²) in [5.41, 5.74) is 0. The summed E-state index contributed by atoms with van der Waals surface area (Å²) in [4.78, 5) is 22.2.